The lowest BCUT2D eigenvalue weighted by Crippen LogP contribution is -2.04. The molecule has 69 heavy (non-hydrogen) atoms. The van der Waals surface area contributed by atoms with Crippen LogP contribution in [0.1, 0.15) is 0 Å². The topological polar surface area (TPSA) is 43.6 Å². The largest absolute Gasteiger partial charge is 0.308 e. The average Bonchev–Trinajstić information content (AvgIpc) is 3.73. The summed E-state index contributed by atoms with van der Waals surface area (Å²) in [7, 11) is 0. The predicted molar refractivity (Wildman–Crippen MR) is 289 cm³/mol. The second kappa shape index (κ2) is 15.7. The van der Waals surface area contributed by atoms with Crippen molar-refractivity contribution in [1.82, 2.24) is 19.5 Å². The van der Waals surface area contributed by atoms with Crippen molar-refractivity contribution in [1.29, 1.82) is 0 Å². The highest BCUT2D eigenvalue weighted by atomic mass is 15.0. The van der Waals surface area contributed by atoms with Gasteiger partial charge in [0.05, 0.1) is 16.7 Å². The summed E-state index contributed by atoms with van der Waals surface area (Å²) in [5.74, 6) is 1.85. The Kier molecular flexibility index (Phi) is 8.86. The molecule has 0 saturated carbocycles. The zero-order chi connectivity index (χ0) is 45.4. The molecule has 0 amide bonds. The van der Waals surface area contributed by atoms with Crippen molar-refractivity contribution in [2.75, 3.05) is 0 Å². The van der Waals surface area contributed by atoms with Crippen LogP contribution in [0.25, 0.3) is 138 Å². The van der Waals surface area contributed by atoms with E-state index in [2.05, 4.69) is 247 Å². The summed E-state index contributed by atoms with van der Waals surface area (Å²) >= 11 is 0. The summed E-state index contributed by atoms with van der Waals surface area (Å²) in [6.07, 6.45) is 0. The van der Waals surface area contributed by atoms with E-state index in [0.29, 0.717) is 17.5 Å². The molecule has 4 nitrogen and oxygen atoms in total. The number of para-hydroxylation sites is 1. The molecule has 0 fully saturated rings. The fourth-order valence-corrected chi connectivity index (χ4v) is 10.8. The molecule has 0 saturated heterocycles. The molecular weight excluding hydrogens is 837 g/mol. The SMILES string of the molecule is c1ccc(-c2ccc3c(-n4c5ccccc5c5cc6ccccc6cc54)c(-c4cccc5ccccc45)cc(-c4nc(-c5cccc6ccccc56)nc(-c5cccc6ccccc56)n4)c3c2)cc1. The maximum absolute atomic E-state index is 5.58. The first kappa shape index (κ1) is 39.0. The van der Waals surface area contributed by atoms with Crippen molar-refractivity contribution in [3.8, 4) is 62.1 Å². The van der Waals surface area contributed by atoms with Crippen molar-refractivity contribution < 1.29 is 0 Å². The van der Waals surface area contributed by atoms with E-state index in [-0.39, 0.29) is 0 Å². The van der Waals surface area contributed by atoms with Gasteiger partial charge in [-0.05, 0) is 95.5 Å². The molecule has 4 heteroatoms. The minimum atomic E-state index is 0.604. The number of benzene rings is 12. The number of rotatable bonds is 6. The van der Waals surface area contributed by atoms with E-state index in [1.807, 2.05) is 0 Å². The number of nitrogens with zero attached hydrogens (tertiary/aromatic N) is 4. The van der Waals surface area contributed by atoms with Gasteiger partial charge in [0.15, 0.2) is 17.5 Å². The first-order valence-corrected chi connectivity index (χ1v) is 23.5. The molecule has 14 rings (SSSR count). The lowest BCUT2D eigenvalue weighted by Gasteiger charge is -2.22. The highest BCUT2D eigenvalue weighted by Gasteiger charge is 2.25. The standard InChI is InChI=1S/C65H40N4/c1-2-17-41(18-3-1)47-35-36-53-56(37-47)59(65-67-63(54-32-15-25-43-20-7-10-28-49(43)54)66-64(68-65)55-33-16-26-44-21-8-11-29-50(44)55)40-58(51-31-14-24-42-19-6-9-27-48(42)51)62(53)69-60-34-13-12-30-52(60)57-38-45-22-4-5-23-46(45)39-61(57)69/h1-40H. The summed E-state index contributed by atoms with van der Waals surface area (Å²) in [6.45, 7) is 0. The van der Waals surface area contributed by atoms with Gasteiger partial charge in [0.2, 0.25) is 0 Å². The molecule has 0 unspecified atom stereocenters. The van der Waals surface area contributed by atoms with E-state index < -0.39 is 0 Å². The van der Waals surface area contributed by atoms with E-state index in [1.165, 1.54) is 32.3 Å². The molecule has 0 bridgehead atoms. The molecular formula is C65H40N4. The molecule has 0 aliphatic carbocycles. The van der Waals surface area contributed by atoms with Gasteiger partial charge in [-0.25, -0.2) is 15.0 Å². The summed E-state index contributed by atoms with van der Waals surface area (Å²) in [5, 5.41) is 13.7. The lowest BCUT2D eigenvalue weighted by molar-refractivity contribution is 1.08. The summed E-state index contributed by atoms with van der Waals surface area (Å²) in [5.41, 5.74) is 10.7. The molecule has 0 aliphatic heterocycles. The number of hydrogen-bond donors (Lipinski definition) is 0. The van der Waals surface area contributed by atoms with Gasteiger partial charge >= 0.3 is 0 Å². The third-order valence-electron chi connectivity index (χ3n) is 14.0. The second-order valence-electron chi connectivity index (χ2n) is 17.9. The third-order valence-corrected chi connectivity index (χ3v) is 14.0. The predicted octanol–water partition coefficient (Wildman–Crippen LogP) is 17.1. The van der Waals surface area contributed by atoms with Gasteiger partial charge in [-0.15, -0.1) is 0 Å². The summed E-state index contributed by atoms with van der Waals surface area (Å²) in [6, 6.07) is 87.4. The molecule has 0 atom stereocenters. The van der Waals surface area contributed by atoms with Gasteiger partial charge in [0.25, 0.3) is 0 Å². The van der Waals surface area contributed by atoms with Crippen molar-refractivity contribution in [3.63, 3.8) is 0 Å². The van der Waals surface area contributed by atoms with Crippen LogP contribution < -0.4 is 0 Å². The fourth-order valence-electron chi connectivity index (χ4n) is 10.8. The lowest BCUT2D eigenvalue weighted by atomic mass is 9.89. The van der Waals surface area contributed by atoms with Crippen molar-refractivity contribution in [2.45, 2.75) is 0 Å². The summed E-state index contributed by atoms with van der Waals surface area (Å²) in [4.78, 5) is 16.5. The van der Waals surface area contributed by atoms with Crippen molar-refractivity contribution >= 4 is 75.7 Å². The Balaban J connectivity index is 1.17. The Labute approximate surface area is 398 Å². The Morgan fingerprint density at radius 1 is 0.232 bits per heavy atom. The monoisotopic (exact) mass is 876 g/mol. The Morgan fingerprint density at radius 2 is 0.710 bits per heavy atom. The number of aromatic nitrogens is 4. The highest BCUT2D eigenvalue weighted by Crippen LogP contribution is 2.47. The van der Waals surface area contributed by atoms with Gasteiger partial charge in [0, 0.05) is 38.4 Å². The maximum Gasteiger partial charge on any atom is 0.164 e. The van der Waals surface area contributed by atoms with E-state index >= 15 is 0 Å². The molecule has 320 valence electrons. The minimum absolute atomic E-state index is 0.604. The smallest absolute Gasteiger partial charge is 0.164 e. The Morgan fingerprint density at radius 3 is 1.33 bits per heavy atom. The van der Waals surface area contributed by atoms with Crippen molar-refractivity contribution in [2.24, 2.45) is 0 Å². The van der Waals surface area contributed by atoms with E-state index in [4.69, 9.17) is 15.0 Å². The average molecular weight is 877 g/mol. The third kappa shape index (κ3) is 6.34. The first-order valence-electron chi connectivity index (χ1n) is 23.5. The zero-order valence-corrected chi connectivity index (χ0v) is 37.4. The van der Waals surface area contributed by atoms with Crippen LogP contribution in [0.15, 0.2) is 243 Å². The van der Waals surface area contributed by atoms with Crippen LogP contribution in [0.2, 0.25) is 0 Å². The molecule has 2 heterocycles. The van der Waals surface area contributed by atoms with Crippen LogP contribution in [-0.4, -0.2) is 19.5 Å². The number of hydrogen-bond acceptors (Lipinski definition) is 3. The van der Waals surface area contributed by atoms with Gasteiger partial charge in [-0.1, -0.05) is 212 Å². The van der Waals surface area contributed by atoms with Crippen molar-refractivity contribution in [3.05, 3.63) is 243 Å². The zero-order valence-electron chi connectivity index (χ0n) is 37.4. The van der Waals surface area contributed by atoms with Gasteiger partial charge in [0.1, 0.15) is 0 Å². The van der Waals surface area contributed by atoms with Crippen LogP contribution in [0.5, 0.6) is 0 Å². The summed E-state index contributed by atoms with van der Waals surface area (Å²) < 4.78 is 2.51. The molecule has 0 radical (unpaired) electrons. The normalized spacial score (nSPS) is 11.8. The Hall–Kier alpha value is -9.25. The molecule has 0 spiro atoms. The number of fused-ring (bicyclic) bond motifs is 8. The molecule has 12 aromatic carbocycles. The van der Waals surface area contributed by atoms with Crippen LogP contribution in [0, 0.1) is 0 Å². The second-order valence-corrected chi connectivity index (χ2v) is 17.9. The van der Waals surface area contributed by atoms with Gasteiger partial charge < -0.3 is 4.57 Å². The van der Waals surface area contributed by atoms with Crippen LogP contribution in [-0.2, 0) is 0 Å². The quantitative estimate of drug-likeness (QED) is 0.167. The van der Waals surface area contributed by atoms with Crippen LogP contribution in [0.3, 0.4) is 0 Å². The first-order chi connectivity index (χ1) is 34.2. The molecule has 0 N–H and O–H groups in total. The van der Waals surface area contributed by atoms with Gasteiger partial charge in [-0.3, -0.25) is 0 Å². The maximum atomic E-state index is 5.58. The van der Waals surface area contributed by atoms with Crippen LogP contribution >= 0.6 is 0 Å². The van der Waals surface area contributed by atoms with Gasteiger partial charge in [-0.2, -0.15) is 0 Å². The molecule has 0 aliphatic rings. The molecule has 2 aromatic heterocycles. The highest BCUT2D eigenvalue weighted by molar-refractivity contribution is 6.18. The van der Waals surface area contributed by atoms with E-state index in [0.717, 1.165) is 88.0 Å². The molecule has 14 aromatic rings. The van der Waals surface area contributed by atoms with E-state index in [9.17, 15) is 0 Å². The van der Waals surface area contributed by atoms with Crippen LogP contribution in [0.4, 0.5) is 0 Å². The minimum Gasteiger partial charge on any atom is -0.308 e. The Bertz CT molecular complexity index is 4260. The fraction of sp³-hybridized carbons (Fsp3) is 0. The van der Waals surface area contributed by atoms with E-state index in [1.54, 1.807) is 0 Å².